The molecule has 0 amide bonds. The third-order valence-corrected chi connectivity index (χ3v) is 3.95. The second-order valence-electron chi connectivity index (χ2n) is 5.80. The number of nitrogens with zero attached hydrogens (tertiary/aromatic N) is 1. The van der Waals surface area contributed by atoms with Crippen LogP contribution in [0, 0.1) is 23.6 Å². The number of rotatable bonds is 2. The second kappa shape index (κ2) is 6.88. The highest BCUT2D eigenvalue weighted by atomic mass is 19.1. The quantitative estimate of drug-likeness (QED) is 0.840. The van der Waals surface area contributed by atoms with Gasteiger partial charge in [-0.05, 0) is 56.0 Å². The van der Waals surface area contributed by atoms with Crippen molar-refractivity contribution in [2.75, 3.05) is 13.1 Å². The Bertz CT molecular complexity index is 515. The first-order valence-corrected chi connectivity index (χ1v) is 7.31. The number of hydrogen-bond donors (Lipinski definition) is 1. The van der Waals surface area contributed by atoms with Crippen molar-refractivity contribution in [3.8, 4) is 11.8 Å². The monoisotopic (exact) mass is 274 g/mol. The Morgan fingerprint density at radius 3 is 2.85 bits per heavy atom. The van der Waals surface area contributed by atoms with Gasteiger partial charge in [-0.2, -0.15) is 0 Å². The van der Waals surface area contributed by atoms with Crippen LogP contribution < -0.4 is 5.73 Å². The summed E-state index contributed by atoms with van der Waals surface area (Å²) in [7, 11) is 0. The summed E-state index contributed by atoms with van der Waals surface area (Å²) in [6, 6.07) is 5.60. The molecule has 1 aromatic rings. The van der Waals surface area contributed by atoms with E-state index in [1.165, 1.54) is 18.9 Å². The Morgan fingerprint density at radius 1 is 1.35 bits per heavy atom. The van der Waals surface area contributed by atoms with E-state index in [2.05, 4.69) is 30.6 Å². The molecular weight excluding hydrogens is 251 g/mol. The second-order valence-corrected chi connectivity index (χ2v) is 5.80. The zero-order valence-electron chi connectivity index (χ0n) is 12.3. The van der Waals surface area contributed by atoms with Crippen LogP contribution in [0.15, 0.2) is 18.2 Å². The summed E-state index contributed by atoms with van der Waals surface area (Å²) in [6.45, 7) is 6.74. The maximum absolute atomic E-state index is 13.7. The molecule has 2 rings (SSSR count). The number of piperidine rings is 1. The van der Waals surface area contributed by atoms with Crippen molar-refractivity contribution in [3.63, 3.8) is 0 Å². The Morgan fingerprint density at radius 2 is 2.15 bits per heavy atom. The Balaban J connectivity index is 2.10. The predicted octanol–water partition coefficient (Wildman–Crippen LogP) is 2.76. The van der Waals surface area contributed by atoms with Gasteiger partial charge in [0, 0.05) is 18.2 Å². The average molecular weight is 274 g/mol. The molecule has 1 aromatic carbocycles. The smallest absolute Gasteiger partial charge is 0.124 e. The summed E-state index contributed by atoms with van der Waals surface area (Å²) in [5, 5.41) is 0. The molecular formula is C17H23FN2. The first-order valence-electron chi connectivity index (χ1n) is 7.31. The van der Waals surface area contributed by atoms with Crippen molar-refractivity contribution < 1.29 is 4.39 Å². The lowest BCUT2D eigenvalue weighted by Gasteiger charge is -2.36. The largest absolute Gasteiger partial charge is 0.320 e. The lowest BCUT2D eigenvalue weighted by molar-refractivity contribution is 0.122. The van der Waals surface area contributed by atoms with Gasteiger partial charge >= 0.3 is 0 Å². The van der Waals surface area contributed by atoms with E-state index in [1.54, 1.807) is 6.07 Å². The first kappa shape index (κ1) is 15.0. The van der Waals surface area contributed by atoms with Gasteiger partial charge in [0.1, 0.15) is 5.82 Å². The average Bonchev–Trinajstić information content (AvgIpc) is 2.39. The number of nitrogens with two attached hydrogens (primary N) is 1. The van der Waals surface area contributed by atoms with Gasteiger partial charge in [0.25, 0.3) is 0 Å². The van der Waals surface area contributed by atoms with Gasteiger partial charge in [0.2, 0.25) is 0 Å². The normalized spacial score (nSPS) is 23.2. The number of likely N-dealkylation sites (tertiary alicyclic amines) is 1. The van der Waals surface area contributed by atoms with E-state index >= 15 is 0 Å². The van der Waals surface area contributed by atoms with Gasteiger partial charge in [-0.25, -0.2) is 4.39 Å². The molecule has 20 heavy (non-hydrogen) atoms. The third-order valence-electron chi connectivity index (χ3n) is 3.95. The van der Waals surface area contributed by atoms with E-state index in [9.17, 15) is 4.39 Å². The predicted molar refractivity (Wildman–Crippen MR) is 80.6 cm³/mol. The maximum Gasteiger partial charge on any atom is 0.124 e. The fourth-order valence-electron chi connectivity index (χ4n) is 2.89. The summed E-state index contributed by atoms with van der Waals surface area (Å²) in [4.78, 5) is 2.43. The molecule has 0 aromatic heterocycles. The minimum Gasteiger partial charge on any atom is -0.320 e. The molecule has 1 saturated heterocycles. The van der Waals surface area contributed by atoms with Gasteiger partial charge in [-0.15, -0.1) is 0 Å². The molecule has 0 aliphatic carbocycles. The summed E-state index contributed by atoms with van der Waals surface area (Å²) in [5.74, 6) is 6.25. The molecule has 2 unspecified atom stereocenters. The fraction of sp³-hybridized carbons (Fsp3) is 0.529. The number of halogens is 1. The molecule has 2 nitrogen and oxygen atoms in total. The van der Waals surface area contributed by atoms with E-state index in [0.717, 1.165) is 24.6 Å². The van der Waals surface area contributed by atoms with Crippen LogP contribution in [-0.2, 0) is 6.54 Å². The molecule has 0 radical (unpaired) electrons. The van der Waals surface area contributed by atoms with Crippen molar-refractivity contribution in [1.29, 1.82) is 0 Å². The SMILES string of the molecule is CC1CCN(Cc2cc(F)cc(C#CCN)c2)C(C)C1. The summed E-state index contributed by atoms with van der Waals surface area (Å²) in [5.41, 5.74) is 7.06. The molecule has 1 aliphatic heterocycles. The molecule has 0 bridgehead atoms. The molecule has 1 aliphatic rings. The third kappa shape index (κ3) is 4.06. The van der Waals surface area contributed by atoms with Crippen molar-refractivity contribution >= 4 is 0 Å². The molecule has 3 heteroatoms. The molecule has 2 atom stereocenters. The minimum absolute atomic E-state index is 0.221. The van der Waals surface area contributed by atoms with Crippen molar-refractivity contribution in [1.82, 2.24) is 4.90 Å². The van der Waals surface area contributed by atoms with E-state index in [-0.39, 0.29) is 5.82 Å². The van der Waals surface area contributed by atoms with E-state index in [4.69, 9.17) is 5.73 Å². The molecule has 1 fully saturated rings. The minimum atomic E-state index is -0.221. The maximum atomic E-state index is 13.7. The molecule has 0 spiro atoms. The van der Waals surface area contributed by atoms with Gasteiger partial charge in [0.15, 0.2) is 0 Å². The zero-order valence-corrected chi connectivity index (χ0v) is 12.3. The Kier molecular flexibility index (Phi) is 5.17. The standard InChI is InChI=1S/C17H23FN2/c1-13-5-7-20(14(2)8-13)12-16-9-15(4-3-6-19)10-17(18)11-16/h9-11,13-14H,5-8,12,19H2,1-2H3. The highest BCUT2D eigenvalue weighted by Crippen LogP contribution is 2.24. The van der Waals surface area contributed by atoms with E-state index < -0.39 is 0 Å². The fourth-order valence-corrected chi connectivity index (χ4v) is 2.89. The van der Waals surface area contributed by atoms with Crippen LogP contribution >= 0.6 is 0 Å². The van der Waals surface area contributed by atoms with Crippen LogP contribution in [0.2, 0.25) is 0 Å². The molecule has 2 N–H and O–H groups in total. The van der Waals surface area contributed by atoms with E-state index in [0.29, 0.717) is 18.2 Å². The lowest BCUT2D eigenvalue weighted by Crippen LogP contribution is -2.39. The summed E-state index contributed by atoms with van der Waals surface area (Å²) in [6.07, 6.45) is 2.44. The van der Waals surface area contributed by atoms with Gasteiger partial charge in [-0.3, -0.25) is 4.90 Å². The van der Waals surface area contributed by atoms with Gasteiger partial charge in [0.05, 0.1) is 6.54 Å². The van der Waals surface area contributed by atoms with Crippen LogP contribution in [0.5, 0.6) is 0 Å². The highest BCUT2D eigenvalue weighted by Gasteiger charge is 2.22. The molecule has 108 valence electrons. The Hall–Kier alpha value is -1.37. The van der Waals surface area contributed by atoms with Crippen molar-refractivity contribution in [2.24, 2.45) is 11.7 Å². The first-order chi connectivity index (χ1) is 9.58. The lowest BCUT2D eigenvalue weighted by atomic mass is 9.93. The topological polar surface area (TPSA) is 29.3 Å². The van der Waals surface area contributed by atoms with Crippen LogP contribution in [0.1, 0.15) is 37.8 Å². The zero-order chi connectivity index (χ0) is 14.5. The van der Waals surface area contributed by atoms with Gasteiger partial charge in [-0.1, -0.05) is 18.8 Å². The number of hydrogen-bond acceptors (Lipinski definition) is 2. The summed E-state index contributed by atoms with van der Waals surface area (Å²) >= 11 is 0. The van der Waals surface area contributed by atoms with Crippen LogP contribution in [0.4, 0.5) is 4.39 Å². The van der Waals surface area contributed by atoms with Crippen molar-refractivity contribution in [2.45, 2.75) is 39.3 Å². The summed E-state index contributed by atoms with van der Waals surface area (Å²) < 4.78 is 13.7. The Labute approximate surface area is 121 Å². The molecule has 0 saturated carbocycles. The highest BCUT2D eigenvalue weighted by molar-refractivity contribution is 5.38. The van der Waals surface area contributed by atoms with E-state index in [1.807, 2.05) is 6.07 Å². The van der Waals surface area contributed by atoms with Crippen LogP contribution in [0.3, 0.4) is 0 Å². The van der Waals surface area contributed by atoms with Crippen LogP contribution in [-0.4, -0.2) is 24.0 Å². The van der Waals surface area contributed by atoms with Gasteiger partial charge < -0.3 is 5.73 Å². The number of benzene rings is 1. The molecule has 1 heterocycles. The van der Waals surface area contributed by atoms with Crippen LogP contribution in [0.25, 0.3) is 0 Å². The van der Waals surface area contributed by atoms with Crippen molar-refractivity contribution in [3.05, 3.63) is 35.1 Å².